The van der Waals surface area contributed by atoms with Crippen molar-refractivity contribution >= 4 is 15.9 Å². The highest BCUT2D eigenvalue weighted by molar-refractivity contribution is 9.09. The van der Waals surface area contributed by atoms with E-state index in [1.54, 1.807) is 0 Å². The maximum Gasteiger partial charge on any atom is 0.0157 e. The van der Waals surface area contributed by atoms with Crippen LogP contribution in [0.1, 0.15) is 31.9 Å². The lowest BCUT2D eigenvalue weighted by Crippen LogP contribution is -1.98. The van der Waals surface area contributed by atoms with E-state index < -0.39 is 0 Å². The highest BCUT2D eigenvalue weighted by atomic mass is 79.9. The molecule has 0 spiro atoms. The molecule has 1 unspecified atom stereocenters. The van der Waals surface area contributed by atoms with Crippen LogP contribution in [0.4, 0.5) is 0 Å². The summed E-state index contributed by atoms with van der Waals surface area (Å²) in [6.07, 6.45) is 2.30. The Morgan fingerprint density at radius 2 is 1.36 bits per heavy atom. The Hall–Kier alpha value is -0.300. The fourth-order valence-corrected chi connectivity index (χ4v) is 1.98. The third-order valence-electron chi connectivity index (χ3n) is 2.18. The molecule has 0 saturated carbocycles. The average molecular weight is 255 g/mol. The number of benzene rings is 1. The van der Waals surface area contributed by atoms with Gasteiger partial charge in [0, 0.05) is 4.83 Å². The van der Waals surface area contributed by atoms with Crippen LogP contribution in [0.15, 0.2) is 24.3 Å². The van der Waals surface area contributed by atoms with Gasteiger partial charge in [-0.2, -0.15) is 0 Å². The van der Waals surface area contributed by atoms with Gasteiger partial charge in [0.15, 0.2) is 0 Å². The molecule has 0 nitrogen and oxygen atoms in total. The SMILES string of the molecule is CC(C)Cc1ccc(CC(C)Br)cc1. The summed E-state index contributed by atoms with van der Waals surface area (Å²) in [7, 11) is 0. The summed E-state index contributed by atoms with van der Waals surface area (Å²) in [5.74, 6) is 0.746. The fourth-order valence-electron chi connectivity index (χ4n) is 1.61. The molecule has 1 aromatic rings. The molecule has 0 aromatic heterocycles. The highest BCUT2D eigenvalue weighted by Crippen LogP contribution is 2.13. The monoisotopic (exact) mass is 254 g/mol. The Kier molecular flexibility index (Phi) is 4.67. The Morgan fingerprint density at radius 1 is 0.929 bits per heavy atom. The molecule has 0 N–H and O–H groups in total. The van der Waals surface area contributed by atoms with E-state index in [1.807, 2.05) is 0 Å². The van der Waals surface area contributed by atoms with Gasteiger partial charge in [-0.15, -0.1) is 0 Å². The molecule has 1 aromatic carbocycles. The third-order valence-corrected chi connectivity index (χ3v) is 2.51. The second-order valence-corrected chi connectivity index (χ2v) is 5.96. The van der Waals surface area contributed by atoms with Gasteiger partial charge in [-0.1, -0.05) is 61.0 Å². The molecule has 0 aliphatic heterocycles. The molecule has 0 aliphatic carbocycles. The largest absolute Gasteiger partial charge is 0.0890 e. The summed E-state index contributed by atoms with van der Waals surface area (Å²) >= 11 is 3.57. The zero-order chi connectivity index (χ0) is 10.6. The third kappa shape index (κ3) is 4.28. The standard InChI is InChI=1S/C13H19Br/c1-10(2)8-12-4-6-13(7-5-12)9-11(3)14/h4-7,10-11H,8-9H2,1-3H3. The topological polar surface area (TPSA) is 0 Å². The highest BCUT2D eigenvalue weighted by Gasteiger charge is 2.00. The Bertz CT molecular complexity index is 230. The van der Waals surface area contributed by atoms with Crippen LogP contribution in [0.2, 0.25) is 0 Å². The Labute approximate surface area is 95.9 Å². The molecule has 0 aliphatic rings. The van der Waals surface area contributed by atoms with E-state index in [9.17, 15) is 0 Å². The molecule has 1 rings (SSSR count). The van der Waals surface area contributed by atoms with E-state index >= 15 is 0 Å². The average Bonchev–Trinajstić information content (AvgIpc) is 2.06. The molecule has 0 bridgehead atoms. The Morgan fingerprint density at radius 3 is 1.71 bits per heavy atom. The van der Waals surface area contributed by atoms with Gasteiger partial charge in [0.25, 0.3) is 0 Å². The lowest BCUT2D eigenvalue weighted by atomic mass is 10.0. The van der Waals surface area contributed by atoms with E-state index in [4.69, 9.17) is 0 Å². The van der Waals surface area contributed by atoms with Crippen molar-refractivity contribution in [2.24, 2.45) is 5.92 Å². The number of halogens is 1. The normalized spacial score (nSPS) is 13.2. The van der Waals surface area contributed by atoms with Crippen LogP contribution in [0.25, 0.3) is 0 Å². The first-order chi connectivity index (χ1) is 6.58. The molecule has 78 valence electrons. The summed E-state index contributed by atoms with van der Waals surface area (Å²) < 4.78 is 0. The van der Waals surface area contributed by atoms with Crippen molar-refractivity contribution in [1.29, 1.82) is 0 Å². The van der Waals surface area contributed by atoms with Crippen molar-refractivity contribution in [3.05, 3.63) is 35.4 Å². The lowest BCUT2D eigenvalue weighted by molar-refractivity contribution is 0.647. The molecule has 14 heavy (non-hydrogen) atoms. The summed E-state index contributed by atoms with van der Waals surface area (Å²) in [5, 5.41) is 0. The van der Waals surface area contributed by atoms with E-state index in [-0.39, 0.29) is 0 Å². The number of alkyl halides is 1. The van der Waals surface area contributed by atoms with Gasteiger partial charge in [-0.3, -0.25) is 0 Å². The van der Waals surface area contributed by atoms with Gasteiger partial charge in [-0.25, -0.2) is 0 Å². The molecular formula is C13H19Br. The predicted octanol–water partition coefficient (Wildman–Crippen LogP) is 4.21. The fraction of sp³-hybridized carbons (Fsp3) is 0.538. The Balaban J connectivity index is 2.59. The second-order valence-electron chi connectivity index (χ2n) is 4.40. The molecular weight excluding hydrogens is 236 g/mol. The molecule has 0 fully saturated rings. The molecule has 1 heteroatoms. The van der Waals surface area contributed by atoms with Crippen LogP contribution in [0, 0.1) is 5.92 Å². The molecule has 1 atom stereocenters. The maximum absolute atomic E-state index is 3.57. The first-order valence-corrected chi connectivity index (χ1v) is 6.21. The van der Waals surface area contributed by atoms with Crippen LogP contribution in [0.5, 0.6) is 0 Å². The number of rotatable bonds is 4. The summed E-state index contributed by atoms with van der Waals surface area (Å²) in [4.78, 5) is 0.568. The van der Waals surface area contributed by atoms with Gasteiger partial charge in [-0.05, 0) is 29.9 Å². The smallest absolute Gasteiger partial charge is 0.0157 e. The predicted molar refractivity (Wildman–Crippen MR) is 67.1 cm³/mol. The van der Waals surface area contributed by atoms with Gasteiger partial charge in [0.1, 0.15) is 0 Å². The van der Waals surface area contributed by atoms with Crippen molar-refractivity contribution in [3.63, 3.8) is 0 Å². The maximum atomic E-state index is 3.57. The lowest BCUT2D eigenvalue weighted by Gasteiger charge is -2.07. The summed E-state index contributed by atoms with van der Waals surface area (Å²) in [5.41, 5.74) is 2.87. The van der Waals surface area contributed by atoms with Crippen molar-refractivity contribution < 1.29 is 0 Å². The number of hydrogen-bond donors (Lipinski definition) is 0. The van der Waals surface area contributed by atoms with Crippen molar-refractivity contribution in [2.45, 2.75) is 38.4 Å². The van der Waals surface area contributed by atoms with E-state index in [2.05, 4.69) is 61.0 Å². The van der Waals surface area contributed by atoms with Crippen molar-refractivity contribution in [3.8, 4) is 0 Å². The zero-order valence-electron chi connectivity index (χ0n) is 9.26. The zero-order valence-corrected chi connectivity index (χ0v) is 10.8. The van der Waals surface area contributed by atoms with Crippen LogP contribution in [-0.4, -0.2) is 4.83 Å². The van der Waals surface area contributed by atoms with E-state index in [0.717, 1.165) is 12.3 Å². The van der Waals surface area contributed by atoms with E-state index in [0.29, 0.717) is 4.83 Å². The summed E-state index contributed by atoms with van der Waals surface area (Å²) in [6.45, 7) is 6.70. The minimum atomic E-state index is 0.568. The minimum absolute atomic E-state index is 0.568. The molecule has 0 heterocycles. The van der Waals surface area contributed by atoms with Gasteiger partial charge >= 0.3 is 0 Å². The first kappa shape index (κ1) is 11.8. The van der Waals surface area contributed by atoms with Gasteiger partial charge in [0.2, 0.25) is 0 Å². The molecule has 0 radical (unpaired) electrons. The number of hydrogen-bond acceptors (Lipinski definition) is 0. The quantitative estimate of drug-likeness (QED) is 0.707. The summed E-state index contributed by atoms with van der Waals surface area (Å²) in [6, 6.07) is 9.00. The van der Waals surface area contributed by atoms with Crippen LogP contribution in [0.3, 0.4) is 0 Å². The van der Waals surface area contributed by atoms with E-state index in [1.165, 1.54) is 17.5 Å². The van der Waals surface area contributed by atoms with Gasteiger partial charge in [0.05, 0.1) is 0 Å². The van der Waals surface area contributed by atoms with Crippen molar-refractivity contribution in [2.75, 3.05) is 0 Å². The van der Waals surface area contributed by atoms with Crippen LogP contribution in [-0.2, 0) is 12.8 Å². The first-order valence-electron chi connectivity index (χ1n) is 5.30. The van der Waals surface area contributed by atoms with Gasteiger partial charge < -0.3 is 0 Å². The second kappa shape index (κ2) is 5.55. The molecule has 0 amide bonds. The van der Waals surface area contributed by atoms with Crippen LogP contribution >= 0.6 is 15.9 Å². The molecule has 0 saturated heterocycles. The minimum Gasteiger partial charge on any atom is -0.0890 e. The van der Waals surface area contributed by atoms with Crippen LogP contribution < -0.4 is 0 Å². The van der Waals surface area contributed by atoms with Crippen molar-refractivity contribution in [1.82, 2.24) is 0 Å².